The maximum Gasteiger partial charge on any atom is 0.171 e. The van der Waals surface area contributed by atoms with Gasteiger partial charge in [0.2, 0.25) is 0 Å². The maximum atomic E-state index is 5.84. The van der Waals surface area contributed by atoms with Crippen LogP contribution in [0.5, 0.6) is 5.75 Å². The first-order chi connectivity index (χ1) is 9.86. The Kier molecular flexibility index (Phi) is 3.97. The maximum absolute atomic E-state index is 5.84. The zero-order valence-corrected chi connectivity index (χ0v) is 11.6. The molecule has 0 aliphatic carbocycles. The minimum Gasteiger partial charge on any atom is -0.486 e. The average molecular weight is 272 g/mol. The van der Waals surface area contributed by atoms with Gasteiger partial charge in [0, 0.05) is 13.0 Å². The number of rotatable bonds is 5. The zero-order chi connectivity index (χ0) is 13.8. The summed E-state index contributed by atoms with van der Waals surface area (Å²) in [6, 6.07) is 8.08. The topological polar surface area (TPSA) is 66.0 Å². The highest BCUT2D eigenvalue weighted by atomic mass is 16.5. The molecule has 2 aromatic rings. The second-order valence-electron chi connectivity index (χ2n) is 5.12. The summed E-state index contributed by atoms with van der Waals surface area (Å²) in [5.41, 5.74) is 6.78. The van der Waals surface area contributed by atoms with Crippen LogP contribution in [0.4, 0.5) is 0 Å². The van der Waals surface area contributed by atoms with Gasteiger partial charge < -0.3 is 15.0 Å². The molecule has 0 atom stereocenters. The molecule has 1 aromatic heterocycles. The van der Waals surface area contributed by atoms with Crippen LogP contribution in [0.2, 0.25) is 0 Å². The van der Waals surface area contributed by atoms with Crippen LogP contribution in [0.1, 0.15) is 30.1 Å². The Morgan fingerprint density at radius 2 is 2.20 bits per heavy atom. The van der Waals surface area contributed by atoms with Gasteiger partial charge in [-0.3, -0.25) is 0 Å². The molecular formula is C15H20N4O. The molecule has 0 spiro atoms. The summed E-state index contributed by atoms with van der Waals surface area (Å²) in [5, 5.41) is 8.47. The first-order valence-corrected chi connectivity index (χ1v) is 7.19. The molecule has 0 fully saturated rings. The van der Waals surface area contributed by atoms with Crippen molar-refractivity contribution in [3.63, 3.8) is 0 Å². The number of nitrogens with zero attached hydrogens (tertiary/aromatic N) is 3. The second-order valence-corrected chi connectivity index (χ2v) is 5.12. The number of hydrogen-bond donors (Lipinski definition) is 1. The molecule has 3 rings (SSSR count). The van der Waals surface area contributed by atoms with Crippen LogP contribution in [-0.2, 0) is 26.0 Å². The van der Waals surface area contributed by atoms with Gasteiger partial charge in [-0.15, -0.1) is 10.2 Å². The summed E-state index contributed by atoms with van der Waals surface area (Å²) in [7, 11) is 0. The van der Waals surface area contributed by atoms with Crippen molar-refractivity contribution in [3.05, 3.63) is 41.5 Å². The summed E-state index contributed by atoms with van der Waals surface area (Å²) in [6.45, 7) is 2.13. The van der Waals surface area contributed by atoms with Crippen molar-refractivity contribution >= 4 is 0 Å². The predicted molar refractivity (Wildman–Crippen MR) is 76.5 cm³/mol. The molecular weight excluding hydrogens is 252 g/mol. The number of ether oxygens (including phenoxy) is 1. The molecule has 0 saturated heterocycles. The van der Waals surface area contributed by atoms with E-state index in [0.29, 0.717) is 13.2 Å². The molecule has 106 valence electrons. The molecule has 5 heteroatoms. The molecule has 0 bridgehead atoms. The van der Waals surface area contributed by atoms with Crippen molar-refractivity contribution < 1.29 is 4.74 Å². The van der Waals surface area contributed by atoms with Gasteiger partial charge in [-0.2, -0.15) is 0 Å². The molecule has 0 unspecified atom stereocenters. The monoisotopic (exact) mass is 272 g/mol. The van der Waals surface area contributed by atoms with E-state index in [1.165, 1.54) is 18.4 Å². The Morgan fingerprint density at radius 3 is 3.10 bits per heavy atom. The number of nitrogens with two attached hydrogens (primary N) is 1. The normalized spacial score (nSPS) is 14.1. The Bertz CT molecular complexity index is 579. The molecule has 2 heterocycles. The van der Waals surface area contributed by atoms with Gasteiger partial charge in [0.05, 0.1) is 0 Å². The highest BCUT2D eigenvalue weighted by Gasteiger charge is 2.15. The summed E-state index contributed by atoms with van der Waals surface area (Å²) in [5.74, 6) is 2.87. The SMILES string of the molecule is NCCc1cccc(OCc2nnc3n2CCCC3)c1. The third-order valence-electron chi connectivity index (χ3n) is 3.64. The fraction of sp³-hybridized carbons (Fsp3) is 0.467. The standard InChI is InChI=1S/C15H20N4O/c16-8-7-12-4-3-5-13(10-12)20-11-15-18-17-14-6-1-2-9-19(14)15/h3-5,10H,1-2,6-9,11,16H2. The molecule has 1 aromatic carbocycles. The van der Waals surface area contributed by atoms with Crippen molar-refractivity contribution in [2.75, 3.05) is 6.54 Å². The summed E-state index contributed by atoms with van der Waals surface area (Å²) < 4.78 is 8.03. The fourth-order valence-corrected chi connectivity index (χ4v) is 2.58. The Hall–Kier alpha value is -1.88. The number of fused-ring (bicyclic) bond motifs is 1. The molecule has 5 nitrogen and oxygen atoms in total. The van der Waals surface area contributed by atoms with Crippen LogP contribution in [0.3, 0.4) is 0 Å². The van der Waals surface area contributed by atoms with Gasteiger partial charge in [0.15, 0.2) is 5.82 Å². The molecule has 2 N–H and O–H groups in total. The van der Waals surface area contributed by atoms with Gasteiger partial charge >= 0.3 is 0 Å². The van der Waals surface area contributed by atoms with Gasteiger partial charge in [0.1, 0.15) is 18.2 Å². The average Bonchev–Trinajstić information content (AvgIpc) is 2.89. The van der Waals surface area contributed by atoms with E-state index in [1.807, 2.05) is 18.2 Å². The van der Waals surface area contributed by atoms with E-state index in [-0.39, 0.29) is 0 Å². The van der Waals surface area contributed by atoms with Crippen LogP contribution < -0.4 is 10.5 Å². The smallest absolute Gasteiger partial charge is 0.171 e. The molecule has 1 aliphatic heterocycles. The number of hydrogen-bond acceptors (Lipinski definition) is 4. The Labute approximate surface area is 118 Å². The molecule has 0 radical (unpaired) electrons. The van der Waals surface area contributed by atoms with Gasteiger partial charge in [-0.1, -0.05) is 12.1 Å². The van der Waals surface area contributed by atoms with Crippen LogP contribution in [0, 0.1) is 0 Å². The highest BCUT2D eigenvalue weighted by molar-refractivity contribution is 5.28. The minimum absolute atomic E-state index is 0.471. The third kappa shape index (κ3) is 2.82. The van der Waals surface area contributed by atoms with E-state index < -0.39 is 0 Å². The lowest BCUT2D eigenvalue weighted by Crippen LogP contribution is -2.14. The lowest BCUT2D eigenvalue weighted by molar-refractivity contribution is 0.286. The predicted octanol–water partition coefficient (Wildman–Crippen LogP) is 1.69. The van der Waals surface area contributed by atoms with Crippen LogP contribution in [-0.4, -0.2) is 21.3 Å². The van der Waals surface area contributed by atoms with Crippen molar-refractivity contribution in [2.45, 2.75) is 38.8 Å². The fourth-order valence-electron chi connectivity index (χ4n) is 2.58. The summed E-state index contributed by atoms with van der Waals surface area (Å²) in [6.07, 6.45) is 4.31. The molecule has 1 aliphatic rings. The Morgan fingerprint density at radius 1 is 1.25 bits per heavy atom. The second kappa shape index (κ2) is 6.05. The minimum atomic E-state index is 0.471. The van der Waals surface area contributed by atoms with E-state index >= 15 is 0 Å². The number of benzene rings is 1. The van der Waals surface area contributed by atoms with E-state index in [2.05, 4.69) is 20.8 Å². The molecule has 20 heavy (non-hydrogen) atoms. The zero-order valence-electron chi connectivity index (χ0n) is 11.6. The highest BCUT2D eigenvalue weighted by Crippen LogP contribution is 2.18. The van der Waals surface area contributed by atoms with Crippen molar-refractivity contribution in [2.24, 2.45) is 5.73 Å². The third-order valence-corrected chi connectivity index (χ3v) is 3.64. The first-order valence-electron chi connectivity index (χ1n) is 7.19. The summed E-state index contributed by atoms with van der Waals surface area (Å²) in [4.78, 5) is 0. The number of aryl methyl sites for hydroxylation is 1. The van der Waals surface area contributed by atoms with E-state index in [0.717, 1.165) is 36.8 Å². The van der Waals surface area contributed by atoms with Crippen LogP contribution in [0.15, 0.2) is 24.3 Å². The van der Waals surface area contributed by atoms with Crippen molar-refractivity contribution in [3.8, 4) is 5.75 Å². The quantitative estimate of drug-likeness (QED) is 0.899. The lowest BCUT2D eigenvalue weighted by Gasteiger charge is -2.15. The van der Waals surface area contributed by atoms with Crippen LogP contribution in [0.25, 0.3) is 0 Å². The van der Waals surface area contributed by atoms with Crippen molar-refractivity contribution in [1.29, 1.82) is 0 Å². The van der Waals surface area contributed by atoms with E-state index in [1.54, 1.807) is 0 Å². The van der Waals surface area contributed by atoms with E-state index in [4.69, 9.17) is 10.5 Å². The van der Waals surface area contributed by atoms with Gasteiger partial charge in [-0.05, 0) is 43.5 Å². The number of aromatic nitrogens is 3. The van der Waals surface area contributed by atoms with Gasteiger partial charge in [-0.25, -0.2) is 0 Å². The lowest BCUT2D eigenvalue weighted by atomic mass is 10.1. The van der Waals surface area contributed by atoms with E-state index in [9.17, 15) is 0 Å². The van der Waals surface area contributed by atoms with Crippen molar-refractivity contribution in [1.82, 2.24) is 14.8 Å². The largest absolute Gasteiger partial charge is 0.486 e. The van der Waals surface area contributed by atoms with Gasteiger partial charge in [0.25, 0.3) is 0 Å². The Balaban J connectivity index is 1.67. The summed E-state index contributed by atoms with van der Waals surface area (Å²) >= 11 is 0. The molecule has 0 amide bonds. The first kappa shape index (κ1) is 13.1. The van der Waals surface area contributed by atoms with Crippen LogP contribution >= 0.6 is 0 Å². The molecule has 0 saturated carbocycles.